The predicted molar refractivity (Wildman–Crippen MR) is 92.4 cm³/mol. The van der Waals surface area contributed by atoms with Crippen LogP contribution in [0.1, 0.15) is 30.0 Å². The molecule has 0 fully saturated rings. The molecule has 0 aliphatic carbocycles. The fourth-order valence-electron chi connectivity index (χ4n) is 2.33. The minimum Gasteiger partial charge on any atom is -0.494 e. The van der Waals surface area contributed by atoms with E-state index in [4.69, 9.17) is 10.5 Å². The molecule has 0 radical (unpaired) electrons. The summed E-state index contributed by atoms with van der Waals surface area (Å²) in [5.41, 5.74) is 7.18. The van der Waals surface area contributed by atoms with E-state index < -0.39 is 11.9 Å². The summed E-state index contributed by atoms with van der Waals surface area (Å²) >= 11 is 0. The van der Waals surface area contributed by atoms with Crippen LogP contribution in [0.4, 0.5) is 0 Å². The van der Waals surface area contributed by atoms with E-state index in [0.717, 1.165) is 11.3 Å². The van der Waals surface area contributed by atoms with Crippen molar-refractivity contribution in [1.82, 2.24) is 5.32 Å². The van der Waals surface area contributed by atoms with E-state index in [2.05, 4.69) is 5.32 Å². The number of amides is 2. The van der Waals surface area contributed by atoms with Crippen LogP contribution in [0.3, 0.4) is 0 Å². The third-order valence-corrected chi connectivity index (χ3v) is 3.53. The van der Waals surface area contributed by atoms with Gasteiger partial charge in [0.05, 0.1) is 6.61 Å². The van der Waals surface area contributed by atoms with E-state index in [-0.39, 0.29) is 12.3 Å². The van der Waals surface area contributed by atoms with Crippen molar-refractivity contribution >= 4 is 11.8 Å². The van der Waals surface area contributed by atoms with Gasteiger partial charge in [0.1, 0.15) is 11.8 Å². The molecule has 0 bridgehead atoms. The summed E-state index contributed by atoms with van der Waals surface area (Å²) in [6.45, 7) is 2.43. The second-order valence-electron chi connectivity index (χ2n) is 5.58. The summed E-state index contributed by atoms with van der Waals surface area (Å²) in [4.78, 5) is 23.6. The molecule has 0 unspecified atom stereocenters. The lowest BCUT2D eigenvalue weighted by Gasteiger charge is -2.16. The van der Waals surface area contributed by atoms with E-state index >= 15 is 0 Å². The lowest BCUT2D eigenvalue weighted by atomic mass is 10.1. The Kier molecular flexibility index (Phi) is 6.37. The maximum Gasteiger partial charge on any atom is 0.244 e. The van der Waals surface area contributed by atoms with Crippen molar-refractivity contribution in [2.24, 2.45) is 5.73 Å². The van der Waals surface area contributed by atoms with Crippen LogP contribution in [0, 0.1) is 6.92 Å². The highest BCUT2D eigenvalue weighted by Crippen LogP contribution is 2.14. The number of nitrogens with one attached hydrogen (secondary N) is 1. The first-order chi connectivity index (χ1) is 11.6. The smallest absolute Gasteiger partial charge is 0.244 e. The van der Waals surface area contributed by atoms with Crippen molar-refractivity contribution < 1.29 is 14.3 Å². The van der Waals surface area contributed by atoms with Crippen molar-refractivity contribution in [2.45, 2.75) is 25.8 Å². The second-order valence-corrected chi connectivity index (χ2v) is 5.58. The fraction of sp³-hybridized carbons (Fsp3) is 0.263. The molecule has 0 spiro atoms. The molecule has 0 saturated carbocycles. The molecule has 0 aliphatic heterocycles. The number of carbonyl (C=O) groups excluding carboxylic acids is 2. The maximum absolute atomic E-state index is 12.0. The zero-order valence-corrected chi connectivity index (χ0v) is 13.7. The minimum absolute atomic E-state index is 0.226. The summed E-state index contributed by atoms with van der Waals surface area (Å²) in [6.07, 6.45) is 0.822. The van der Waals surface area contributed by atoms with Gasteiger partial charge in [-0.05, 0) is 36.6 Å². The van der Waals surface area contributed by atoms with Crippen LogP contribution in [-0.4, -0.2) is 18.4 Å². The first kappa shape index (κ1) is 17.5. The lowest BCUT2D eigenvalue weighted by molar-refractivity contribution is -0.127. The number of aryl methyl sites for hydroxylation is 1. The largest absolute Gasteiger partial charge is 0.494 e. The summed E-state index contributed by atoms with van der Waals surface area (Å²) < 4.78 is 5.60. The van der Waals surface area contributed by atoms with Gasteiger partial charge in [-0.25, -0.2) is 0 Å². The molecule has 126 valence electrons. The average molecular weight is 326 g/mol. The van der Waals surface area contributed by atoms with Crippen LogP contribution in [0.25, 0.3) is 0 Å². The predicted octanol–water partition coefficient (Wildman–Crippen LogP) is 2.50. The number of primary amides is 1. The number of carbonyl (C=O) groups is 2. The van der Waals surface area contributed by atoms with E-state index in [1.165, 1.54) is 0 Å². The highest BCUT2D eigenvalue weighted by atomic mass is 16.5. The number of hydrogen-bond acceptors (Lipinski definition) is 3. The first-order valence-corrected chi connectivity index (χ1v) is 7.89. The van der Waals surface area contributed by atoms with E-state index in [1.807, 2.05) is 37.3 Å². The summed E-state index contributed by atoms with van der Waals surface area (Å²) in [5.74, 6) is -0.0178. The molecule has 2 aromatic carbocycles. The van der Waals surface area contributed by atoms with Crippen molar-refractivity contribution in [3.63, 3.8) is 0 Å². The SMILES string of the molecule is Cc1cccc(OCCCC(=O)N[C@H](C(N)=O)c2ccccc2)c1. The van der Waals surface area contributed by atoms with Gasteiger partial charge in [-0.3, -0.25) is 9.59 Å². The Bertz CT molecular complexity index is 686. The molecule has 24 heavy (non-hydrogen) atoms. The molecule has 0 heterocycles. The van der Waals surface area contributed by atoms with Gasteiger partial charge in [-0.15, -0.1) is 0 Å². The summed E-state index contributed by atoms with van der Waals surface area (Å²) in [7, 11) is 0. The minimum atomic E-state index is -0.809. The number of benzene rings is 2. The quantitative estimate of drug-likeness (QED) is 0.731. The van der Waals surface area contributed by atoms with Crippen LogP contribution < -0.4 is 15.8 Å². The zero-order valence-electron chi connectivity index (χ0n) is 13.7. The van der Waals surface area contributed by atoms with E-state index in [1.54, 1.807) is 24.3 Å². The van der Waals surface area contributed by atoms with Gasteiger partial charge in [0.25, 0.3) is 0 Å². The molecule has 1 atom stereocenters. The standard InChI is InChI=1S/C19H22N2O3/c1-14-7-5-10-16(13-14)24-12-6-11-17(22)21-18(19(20)23)15-8-3-2-4-9-15/h2-5,7-10,13,18H,6,11-12H2,1H3,(H2,20,23)(H,21,22)/t18-/m0/s1. The molecule has 5 heteroatoms. The van der Waals surface area contributed by atoms with Crippen LogP contribution in [0.15, 0.2) is 54.6 Å². The van der Waals surface area contributed by atoms with Gasteiger partial charge in [0.2, 0.25) is 11.8 Å². The molecular formula is C19H22N2O3. The van der Waals surface area contributed by atoms with Gasteiger partial charge in [-0.2, -0.15) is 0 Å². The third-order valence-electron chi connectivity index (χ3n) is 3.53. The monoisotopic (exact) mass is 326 g/mol. The Balaban J connectivity index is 1.78. The lowest BCUT2D eigenvalue weighted by Crippen LogP contribution is -2.37. The summed E-state index contributed by atoms with van der Waals surface area (Å²) in [6, 6.07) is 15.9. The van der Waals surface area contributed by atoms with Crippen LogP contribution >= 0.6 is 0 Å². The van der Waals surface area contributed by atoms with Gasteiger partial charge in [0.15, 0.2) is 0 Å². The van der Waals surface area contributed by atoms with Gasteiger partial charge in [-0.1, -0.05) is 42.5 Å². The highest BCUT2D eigenvalue weighted by Gasteiger charge is 2.19. The molecular weight excluding hydrogens is 304 g/mol. The van der Waals surface area contributed by atoms with Crippen molar-refractivity contribution in [3.8, 4) is 5.75 Å². The molecule has 2 rings (SSSR count). The molecule has 2 amide bonds. The first-order valence-electron chi connectivity index (χ1n) is 7.89. The van der Waals surface area contributed by atoms with E-state index in [0.29, 0.717) is 18.6 Å². The summed E-state index contributed by atoms with van der Waals surface area (Å²) in [5, 5.41) is 2.67. The average Bonchev–Trinajstić information content (AvgIpc) is 2.57. The van der Waals surface area contributed by atoms with Crippen molar-refractivity contribution in [1.29, 1.82) is 0 Å². The third kappa shape index (κ3) is 5.43. The van der Waals surface area contributed by atoms with Gasteiger partial charge < -0.3 is 15.8 Å². The van der Waals surface area contributed by atoms with Crippen molar-refractivity contribution in [2.75, 3.05) is 6.61 Å². The topological polar surface area (TPSA) is 81.4 Å². The van der Waals surface area contributed by atoms with Crippen molar-refractivity contribution in [3.05, 3.63) is 65.7 Å². The zero-order chi connectivity index (χ0) is 17.4. The van der Waals surface area contributed by atoms with Crippen LogP contribution in [0.5, 0.6) is 5.75 Å². The normalized spacial score (nSPS) is 11.5. The Hall–Kier alpha value is -2.82. The van der Waals surface area contributed by atoms with Gasteiger partial charge >= 0.3 is 0 Å². The highest BCUT2D eigenvalue weighted by molar-refractivity contribution is 5.87. The fourth-order valence-corrected chi connectivity index (χ4v) is 2.33. The Labute approximate surface area is 141 Å². The molecule has 3 N–H and O–H groups in total. The Morgan fingerprint density at radius 1 is 1.12 bits per heavy atom. The molecule has 0 aromatic heterocycles. The second kappa shape index (κ2) is 8.72. The van der Waals surface area contributed by atoms with E-state index in [9.17, 15) is 9.59 Å². The number of ether oxygens (including phenoxy) is 1. The Morgan fingerprint density at radius 2 is 1.88 bits per heavy atom. The molecule has 2 aromatic rings. The van der Waals surface area contributed by atoms with Crippen LogP contribution in [-0.2, 0) is 9.59 Å². The maximum atomic E-state index is 12.0. The number of nitrogens with two attached hydrogens (primary N) is 1. The molecule has 5 nitrogen and oxygen atoms in total. The Morgan fingerprint density at radius 3 is 2.54 bits per heavy atom. The molecule has 0 aliphatic rings. The number of hydrogen-bond donors (Lipinski definition) is 2. The van der Waals surface area contributed by atoms with Crippen LogP contribution in [0.2, 0.25) is 0 Å². The number of rotatable bonds is 8. The van der Waals surface area contributed by atoms with Gasteiger partial charge in [0, 0.05) is 6.42 Å². The molecule has 0 saturated heterocycles.